The molecule has 6 heteroatoms. The summed E-state index contributed by atoms with van der Waals surface area (Å²) in [4.78, 5) is 26.5. The minimum atomic E-state index is -0.302. The van der Waals surface area contributed by atoms with E-state index >= 15 is 0 Å². The number of nitrogens with one attached hydrogen (secondary N) is 3. The molecule has 0 spiro atoms. The number of amides is 2. The Hall–Kier alpha value is -2.76. The molecule has 0 atom stereocenters. The highest BCUT2D eigenvalue weighted by Crippen LogP contribution is 2.17. The molecule has 3 N–H and O–H groups in total. The van der Waals surface area contributed by atoms with Gasteiger partial charge in [-0.2, -0.15) is 0 Å². The SMILES string of the molecule is COc1ccccc1CCNC(=O)NCc1c(C)cc(C)[nH]c1=O. The van der Waals surface area contributed by atoms with Crippen molar-refractivity contribution < 1.29 is 9.53 Å². The number of hydrogen-bond donors (Lipinski definition) is 3. The van der Waals surface area contributed by atoms with Crippen LogP contribution in [0, 0.1) is 13.8 Å². The van der Waals surface area contributed by atoms with Crippen LogP contribution in [0.1, 0.15) is 22.4 Å². The van der Waals surface area contributed by atoms with Gasteiger partial charge >= 0.3 is 6.03 Å². The standard InChI is InChI=1S/C18H23N3O3/c1-12-10-13(2)21-17(22)15(12)11-20-18(23)19-9-8-14-6-4-5-7-16(14)24-3/h4-7,10H,8-9,11H2,1-3H3,(H,21,22)(H2,19,20,23). The van der Waals surface area contributed by atoms with Gasteiger partial charge in [-0.25, -0.2) is 4.79 Å². The normalized spacial score (nSPS) is 10.3. The van der Waals surface area contributed by atoms with Crippen molar-refractivity contribution in [2.45, 2.75) is 26.8 Å². The lowest BCUT2D eigenvalue weighted by molar-refractivity contribution is 0.240. The first-order valence-electron chi connectivity index (χ1n) is 7.84. The van der Waals surface area contributed by atoms with Crippen LogP contribution >= 0.6 is 0 Å². The molecule has 128 valence electrons. The van der Waals surface area contributed by atoms with Gasteiger partial charge in [0.2, 0.25) is 0 Å². The summed E-state index contributed by atoms with van der Waals surface area (Å²) < 4.78 is 5.28. The summed E-state index contributed by atoms with van der Waals surface area (Å²) in [5.41, 5.74) is 3.11. The van der Waals surface area contributed by atoms with E-state index in [1.807, 2.05) is 44.2 Å². The first-order chi connectivity index (χ1) is 11.5. The smallest absolute Gasteiger partial charge is 0.315 e. The van der Waals surface area contributed by atoms with Crippen LogP contribution in [0.4, 0.5) is 4.79 Å². The zero-order chi connectivity index (χ0) is 17.5. The van der Waals surface area contributed by atoms with Gasteiger partial charge in [-0.05, 0) is 43.5 Å². The van der Waals surface area contributed by atoms with Gasteiger partial charge in [0, 0.05) is 17.8 Å². The number of aryl methyl sites for hydroxylation is 2. The Labute approximate surface area is 141 Å². The fourth-order valence-electron chi connectivity index (χ4n) is 2.55. The van der Waals surface area contributed by atoms with E-state index in [0.717, 1.165) is 22.6 Å². The lowest BCUT2D eigenvalue weighted by atomic mass is 10.1. The Morgan fingerprint density at radius 3 is 2.67 bits per heavy atom. The molecule has 0 bridgehead atoms. The third-order valence-electron chi connectivity index (χ3n) is 3.79. The lowest BCUT2D eigenvalue weighted by Gasteiger charge is -2.11. The van der Waals surface area contributed by atoms with Crippen LogP contribution in [0.2, 0.25) is 0 Å². The van der Waals surface area contributed by atoms with Crippen LogP contribution in [0.15, 0.2) is 35.1 Å². The van der Waals surface area contributed by atoms with Gasteiger partial charge in [-0.15, -0.1) is 0 Å². The highest BCUT2D eigenvalue weighted by atomic mass is 16.5. The molecule has 2 aromatic rings. The third-order valence-corrected chi connectivity index (χ3v) is 3.79. The summed E-state index contributed by atoms with van der Waals surface area (Å²) in [5.74, 6) is 0.807. The molecule has 0 aliphatic rings. The van der Waals surface area contributed by atoms with Gasteiger partial charge in [0.05, 0.1) is 13.7 Å². The highest BCUT2D eigenvalue weighted by Gasteiger charge is 2.08. The number of para-hydroxylation sites is 1. The maximum atomic E-state index is 11.9. The van der Waals surface area contributed by atoms with Gasteiger partial charge in [-0.1, -0.05) is 18.2 Å². The first-order valence-corrected chi connectivity index (χ1v) is 7.84. The van der Waals surface area contributed by atoms with E-state index < -0.39 is 0 Å². The van der Waals surface area contributed by atoms with Crippen LogP contribution in [0.3, 0.4) is 0 Å². The molecule has 0 saturated carbocycles. The van der Waals surface area contributed by atoms with Crippen LogP contribution < -0.4 is 20.9 Å². The number of carbonyl (C=O) groups is 1. The van der Waals surface area contributed by atoms with Gasteiger partial charge in [-0.3, -0.25) is 4.79 Å². The van der Waals surface area contributed by atoms with Crippen molar-refractivity contribution in [3.05, 3.63) is 63.1 Å². The zero-order valence-electron chi connectivity index (χ0n) is 14.2. The van der Waals surface area contributed by atoms with Crippen molar-refractivity contribution in [2.24, 2.45) is 0 Å². The van der Waals surface area contributed by atoms with Gasteiger partial charge in [0.15, 0.2) is 0 Å². The number of benzene rings is 1. The largest absolute Gasteiger partial charge is 0.496 e. The van der Waals surface area contributed by atoms with Crippen molar-refractivity contribution in [1.29, 1.82) is 0 Å². The summed E-state index contributed by atoms with van der Waals surface area (Å²) in [6.45, 7) is 4.37. The monoisotopic (exact) mass is 329 g/mol. The van der Waals surface area contributed by atoms with E-state index in [1.165, 1.54) is 0 Å². The van der Waals surface area contributed by atoms with Crippen molar-refractivity contribution in [2.75, 3.05) is 13.7 Å². The predicted octanol–water partition coefficient (Wildman–Crippen LogP) is 2.04. The maximum Gasteiger partial charge on any atom is 0.315 e. The number of H-pyrrole nitrogens is 1. The quantitative estimate of drug-likeness (QED) is 0.758. The fourth-order valence-corrected chi connectivity index (χ4v) is 2.55. The number of carbonyl (C=O) groups excluding carboxylic acids is 1. The minimum absolute atomic E-state index is 0.165. The third kappa shape index (κ3) is 4.62. The number of methoxy groups -OCH3 is 1. The van der Waals surface area contributed by atoms with Gasteiger partial charge < -0.3 is 20.4 Å². The van der Waals surface area contributed by atoms with E-state index in [1.54, 1.807) is 7.11 Å². The average molecular weight is 329 g/mol. The summed E-state index contributed by atoms with van der Waals surface area (Å²) in [6, 6.07) is 9.28. The fraction of sp³-hybridized carbons (Fsp3) is 0.333. The molecule has 2 rings (SSSR count). The van der Waals surface area contributed by atoms with Gasteiger partial charge in [0.25, 0.3) is 5.56 Å². The van der Waals surface area contributed by atoms with Crippen molar-refractivity contribution in [3.8, 4) is 5.75 Å². The number of hydrogen-bond acceptors (Lipinski definition) is 3. The number of aromatic amines is 1. The number of pyridine rings is 1. The van der Waals surface area contributed by atoms with Crippen molar-refractivity contribution >= 4 is 6.03 Å². The molecule has 0 aliphatic carbocycles. The predicted molar refractivity (Wildman–Crippen MR) is 93.5 cm³/mol. The molecule has 24 heavy (non-hydrogen) atoms. The van der Waals surface area contributed by atoms with E-state index in [0.29, 0.717) is 18.5 Å². The molecule has 0 unspecified atom stereocenters. The molecule has 0 fully saturated rings. The van der Waals surface area contributed by atoms with Crippen molar-refractivity contribution in [1.82, 2.24) is 15.6 Å². The summed E-state index contributed by atoms with van der Waals surface area (Å²) in [6.07, 6.45) is 0.668. The molecular formula is C18H23N3O3. The molecule has 2 amide bonds. The van der Waals surface area contributed by atoms with Crippen LogP contribution in [0.5, 0.6) is 5.75 Å². The molecule has 6 nitrogen and oxygen atoms in total. The first kappa shape index (κ1) is 17.6. The van der Waals surface area contributed by atoms with Crippen LogP contribution in [0.25, 0.3) is 0 Å². The Bertz CT molecular complexity index is 768. The lowest BCUT2D eigenvalue weighted by Crippen LogP contribution is -2.37. The Kier molecular flexibility index (Phi) is 6.01. The number of urea groups is 1. The Morgan fingerprint density at radius 1 is 1.21 bits per heavy atom. The highest BCUT2D eigenvalue weighted by molar-refractivity contribution is 5.73. The van der Waals surface area contributed by atoms with E-state index in [-0.39, 0.29) is 18.1 Å². The molecule has 1 heterocycles. The number of rotatable bonds is 6. The molecule has 0 radical (unpaired) electrons. The van der Waals surface area contributed by atoms with Crippen LogP contribution in [-0.2, 0) is 13.0 Å². The Balaban J connectivity index is 1.83. The second-order valence-corrected chi connectivity index (χ2v) is 5.61. The molecule has 0 saturated heterocycles. The molecule has 0 aliphatic heterocycles. The van der Waals surface area contributed by atoms with Crippen molar-refractivity contribution in [3.63, 3.8) is 0 Å². The van der Waals surface area contributed by atoms with Crippen LogP contribution in [-0.4, -0.2) is 24.7 Å². The second kappa shape index (κ2) is 8.19. The average Bonchev–Trinajstić information content (AvgIpc) is 2.54. The Morgan fingerprint density at radius 2 is 1.96 bits per heavy atom. The number of aromatic nitrogens is 1. The maximum absolute atomic E-state index is 11.9. The number of ether oxygens (including phenoxy) is 1. The van der Waals surface area contributed by atoms with Gasteiger partial charge in [0.1, 0.15) is 5.75 Å². The topological polar surface area (TPSA) is 83.2 Å². The molecule has 1 aromatic carbocycles. The molecular weight excluding hydrogens is 306 g/mol. The summed E-state index contributed by atoms with van der Waals surface area (Å²) in [7, 11) is 1.63. The van der Waals surface area contributed by atoms with E-state index in [4.69, 9.17) is 4.74 Å². The molecule has 1 aromatic heterocycles. The van der Waals surface area contributed by atoms with E-state index in [9.17, 15) is 9.59 Å². The minimum Gasteiger partial charge on any atom is -0.496 e. The zero-order valence-corrected chi connectivity index (χ0v) is 14.2. The van der Waals surface area contributed by atoms with E-state index in [2.05, 4.69) is 15.6 Å². The summed E-state index contributed by atoms with van der Waals surface area (Å²) in [5, 5.41) is 5.50. The summed E-state index contributed by atoms with van der Waals surface area (Å²) >= 11 is 0. The second-order valence-electron chi connectivity index (χ2n) is 5.61.